The third-order valence-electron chi connectivity index (χ3n) is 16.0. The number of nitrogens with zero attached hydrogens (tertiary/aromatic N) is 4. The summed E-state index contributed by atoms with van der Waals surface area (Å²) in [6, 6.07) is 74.4. The van der Waals surface area contributed by atoms with Crippen LogP contribution in [0.5, 0.6) is 11.5 Å². The second kappa shape index (κ2) is 25.0. The van der Waals surface area contributed by atoms with Gasteiger partial charge in [-0.25, -0.2) is 4.98 Å². The maximum Gasteiger partial charge on any atom is 0.182 e. The van der Waals surface area contributed by atoms with Crippen LogP contribution >= 0.6 is 0 Å². The molecule has 13 rings (SSSR count). The van der Waals surface area contributed by atoms with Gasteiger partial charge in [0.15, 0.2) is 14.6 Å². The van der Waals surface area contributed by atoms with Crippen LogP contribution in [0.1, 0.15) is 61.1 Å². The number of rotatable bonds is 11. The number of aromatic nitrogens is 2. The molecule has 7 nitrogen and oxygen atoms in total. The fourth-order valence-corrected chi connectivity index (χ4v) is 11.6. The van der Waals surface area contributed by atoms with Crippen molar-refractivity contribution >= 4 is 70.1 Å². The molecule has 0 saturated carbocycles. The molecule has 86 heavy (non-hydrogen) atoms. The third kappa shape index (κ3) is 11.4. The first-order chi connectivity index (χ1) is 41.7. The minimum atomic E-state index is -0.479. The molecule has 0 bridgehead atoms. The van der Waals surface area contributed by atoms with Crippen molar-refractivity contribution in [2.24, 2.45) is 0 Å². The zero-order valence-electron chi connectivity index (χ0n) is 48.3. The number of ether oxygens (including phenoxy) is 1. The number of allylic oxidation sites excluding steroid dienone is 8. The number of fused-ring (bicyclic) bond motifs is 4. The van der Waals surface area contributed by atoms with E-state index in [0.29, 0.717) is 11.5 Å². The standard InChI is InChI=1S/C76H61B2N6O.Pt/c1-75(2,3)58-35-38-69-66(49-58)63-37-36-61(52-72(63)84(69)73-50-59(39-46-81-73)76(4,56-25-10-6-11-26-56)57-27-12-7-13-28-57)85-62-48-55(54-23-8-5-9-24-54)47-60(51-62)82-53-83(71-34-15-14-33-70(71)82)74-64(67-31-21-44-79-42-18-16-40-77-67)29-20-30-65(74)68-32-22-45-80-43-19-17-41-78-68;/h5-50,53,79-80H,1-4H3;/q-3;/b40-16-,41-17-,42-18-,43-19-,44-21-,45-22-,67-31-,68-32-;. The van der Waals surface area contributed by atoms with Gasteiger partial charge in [-0.3, -0.25) is 0 Å². The quantitative estimate of drug-likeness (QED) is 0.0994. The van der Waals surface area contributed by atoms with E-state index in [0.717, 1.165) is 89.1 Å². The van der Waals surface area contributed by atoms with Gasteiger partial charge in [0.05, 0.1) is 0 Å². The minimum Gasteiger partial charge on any atom is -0.509 e. The van der Waals surface area contributed by atoms with Gasteiger partial charge in [0.25, 0.3) is 0 Å². The second-order valence-electron chi connectivity index (χ2n) is 22.4. The molecule has 420 valence electrons. The van der Waals surface area contributed by atoms with Crippen LogP contribution in [0, 0.1) is 18.8 Å². The van der Waals surface area contributed by atoms with E-state index < -0.39 is 5.41 Å². The van der Waals surface area contributed by atoms with E-state index >= 15 is 0 Å². The average molecular weight is 1290 g/mol. The number of anilines is 4. The topological polar surface area (TPSA) is 57.6 Å². The van der Waals surface area contributed by atoms with Crippen LogP contribution in [0.25, 0.3) is 49.7 Å². The van der Waals surface area contributed by atoms with Gasteiger partial charge in [-0.15, -0.1) is 65.6 Å². The summed E-state index contributed by atoms with van der Waals surface area (Å²) in [5.41, 5.74) is 16.1. The summed E-state index contributed by atoms with van der Waals surface area (Å²) in [5.74, 6) is 6.05. The first-order valence-electron chi connectivity index (χ1n) is 28.8. The Morgan fingerprint density at radius 1 is 0.500 bits per heavy atom. The Balaban J connectivity index is 0.00000724. The SMILES string of the molecule is CC(C)(C)c1ccc2c(c1)c1ccc(Oc3[c-]c(N4[CH-]N(c5c(/C6=C/C=C\N/C=C\C=C/[B]6)cccc5/C5=C/C=C\N/C=C\C=C/[B]5)c5ccccc54)cc(-c4ccccc4)c3)[c-]c1n2-c1cc(C(C)(c2ccccc2)c2ccccc2)ccn1.[Pt]. The Morgan fingerprint density at radius 2 is 1.10 bits per heavy atom. The molecule has 0 aliphatic carbocycles. The zero-order valence-corrected chi connectivity index (χ0v) is 50.6. The molecule has 0 atom stereocenters. The summed E-state index contributed by atoms with van der Waals surface area (Å²) in [6.45, 7) is 11.3. The smallest absolute Gasteiger partial charge is 0.182 e. The molecule has 8 aromatic carbocycles. The number of pyridine rings is 1. The van der Waals surface area contributed by atoms with Crippen LogP contribution in [0.4, 0.5) is 22.7 Å². The third-order valence-corrected chi connectivity index (χ3v) is 16.0. The number of nitrogens with one attached hydrogen (secondary N) is 2. The molecule has 2 aromatic heterocycles. The number of hydrogen-bond donors (Lipinski definition) is 2. The average Bonchev–Trinajstić information content (AvgIpc) is 1.75. The normalized spacial score (nSPS) is 17.5. The van der Waals surface area contributed by atoms with Crippen molar-refractivity contribution in [3.63, 3.8) is 0 Å². The van der Waals surface area contributed by atoms with Gasteiger partial charge in [-0.2, -0.15) is 6.07 Å². The first-order valence-corrected chi connectivity index (χ1v) is 28.8. The van der Waals surface area contributed by atoms with Crippen molar-refractivity contribution < 1.29 is 25.8 Å². The Hall–Kier alpha value is -9.55. The number of hydrogen-bond acceptors (Lipinski definition) is 6. The first kappa shape index (κ1) is 56.9. The largest absolute Gasteiger partial charge is 0.509 e. The van der Waals surface area contributed by atoms with E-state index in [4.69, 9.17) is 9.72 Å². The van der Waals surface area contributed by atoms with Crippen molar-refractivity contribution in [2.75, 3.05) is 9.80 Å². The Labute approximate surface area is 521 Å². The maximum atomic E-state index is 7.12. The van der Waals surface area contributed by atoms with E-state index in [-0.39, 0.29) is 26.5 Å². The summed E-state index contributed by atoms with van der Waals surface area (Å²) in [4.78, 5) is 9.71. The van der Waals surface area contributed by atoms with Crippen molar-refractivity contribution in [1.82, 2.24) is 20.2 Å². The number of para-hydroxylation sites is 3. The molecule has 0 amide bonds. The van der Waals surface area contributed by atoms with Crippen molar-refractivity contribution in [3.05, 3.63) is 332 Å². The molecule has 0 saturated heterocycles. The molecule has 0 fully saturated rings. The van der Waals surface area contributed by atoms with Crippen LogP contribution in [0.2, 0.25) is 0 Å². The van der Waals surface area contributed by atoms with Crippen LogP contribution < -0.4 is 25.2 Å². The Bertz CT molecular complexity index is 4270. The van der Waals surface area contributed by atoms with Gasteiger partial charge < -0.3 is 29.7 Å². The van der Waals surface area contributed by atoms with Crippen LogP contribution in [-0.4, -0.2) is 24.1 Å². The van der Waals surface area contributed by atoms with Gasteiger partial charge in [-0.1, -0.05) is 195 Å². The summed E-state index contributed by atoms with van der Waals surface area (Å²) in [7, 11) is 4.34. The molecule has 0 spiro atoms. The predicted octanol–water partition coefficient (Wildman–Crippen LogP) is 17.7. The van der Waals surface area contributed by atoms with Crippen molar-refractivity contribution in [1.29, 1.82) is 0 Å². The molecule has 10 heteroatoms. The van der Waals surface area contributed by atoms with Gasteiger partial charge in [0.2, 0.25) is 0 Å². The molecular weight excluding hydrogens is 1230 g/mol. The molecule has 10 aromatic rings. The van der Waals surface area contributed by atoms with Crippen LogP contribution in [-0.2, 0) is 31.9 Å². The molecule has 2 radical (unpaired) electrons. The van der Waals surface area contributed by atoms with Gasteiger partial charge >= 0.3 is 0 Å². The molecule has 3 aliphatic heterocycles. The molecule has 3 aliphatic rings. The molecule has 0 unspecified atom stereocenters. The minimum absolute atomic E-state index is 0. The molecular formula is C76H61B2N6OPt-3. The van der Waals surface area contributed by atoms with E-state index in [1.807, 2.05) is 79.6 Å². The summed E-state index contributed by atoms with van der Waals surface area (Å²) in [6.07, 6.45) is 26.1. The van der Waals surface area contributed by atoms with Crippen molar-refractivity contribution in [2.45, 2.75) is 38.5 Å². The van der Waals surface area contributed by atoms with Gasteiger partial charge in [0, 0.05) is 91.6 Å². The monoisotopic (exact) mass is 1290 g/mol. The van der Waals surface area contributed by atoms with Crippen LogP contribution in [0.15, 0.2) is 280 Å². The Morgan fingerprint density at radius 3 is 1.74 bits per heavy atom. The summed E-state index contributed by atoms with van der Waals surface area (Å²) >= 11 is 0. The van der Waals surface area contributed by atoms with E-state index in [9.17, 15) is 0 Å². The van der Waals surface area contributed by atoms with Crippen LogP contribution in [0.3, 0.4) is 0 Å². The van der Waals surface area contributed by atoms with Gasteiger partial charge in [0.1, 0.15) is 5.82 Å². The fraction of sp³-hybridized carbons (Fsp3) is 0.0789. The predicted molar refractivity (Wildman–Crippen MR) is 355 cm³/mol. The molecule has 5 heterocycles. The van der Waals surface area contributed by atoms with E-state index in [2.05, 4.69) is 286 Å². The fourth-order valence-electron chi connectivity index (χ4n) is 11.6. The zero-order chi connectivity index (χ0) is 57.7. The van der Waals surface area contributed by atoms with E-state index in [1.54, 1.807) is 0 Å². The second-order valence-corrected chi connectivity index (χ2v) is 22.4. The Kier molecular flexibility index (Phi) is 16.5. The summed E-state index contributed by atoms with van der Waals surface area (Å²) in [5, 5.41) is 8.67. The van der Waals surface area contributed by atoms with Crippen molar-refractivity contribution in [3.8, 4) is 28.4 Å². The molecule has 2 N–H and O–H groups in total. The van der Waals surface area contributed by atoms with E-state index in [1.165, 1.54) is 16.7 Å². The maximum absolute atomic E-state index is 7.12. The number of benzene rings is 8. The van der Waals surface area contributed by atoms with Gasteiger partial charge in [-0.05, 0) is 111 Å². The summed E-state index contributed by atoms with van der Waals surface area (Å²) < 4.78 is 9.37.